The molecule has 0 unspecified atom stereocenters. The van der Waals surface area contributed by atoms with Crippen molar-refractivity contribution in [2.24, 2.45) is 0 Å². The van der Waals surface area contributed by atoms with Crippen molar-refractivity contribution in [3.63, 3.8) is 0 Å². The summed E-state index contributed by atoms with van der Waals surface area (Å²) in [5.74, 6) is -0.679. The van der Waals surface area contributed by atoms with Crippen molar-refractivity contribution in [3.05, 3.63) is 92.1 Å². The van der Waals surface area contributed by atoms with Crippen LogP contribution >= 0.6 is 22.9 Å². The minimum Gasteiger partial charge on any atom is -0.321 e. The van der Waals surface area contributed by atoms with Crippen LogP contribution < -0.4 is 10.9 Å². The molecule has 0 spiro atoms. The van der Waals surface area contributed by atoms with Crippen LogP contribution in [0.2, 0.25) is 5.02 Å². The molecule has 0 saturated heterocycles. The minimum absolute atomic E-state index is 0.196. The molecule has 5 nitrogen and oxygen atoms in total. The summed E-state index contributed by atoms with van der Waals surface area (Å²) < 4.78 is 14.8. The molecule has 2 heterocycles. The van der Waals surface area contributed by atoms with Gasteiger partial charge in [0.2, 0.25) is 0 Å². The summed E-state index contributed by atoms with van der Waals surface area (Å²) in [6, 6.07) is 12.8. The average Bonchev–Trinajstić information content (AvgIpc) is 3.03. The van der Waals surface area contributed by atoms with Gasteiger partial charge in [0.1, 0.15) is 10.6 Å². The van der Waals surface area contributed by atoms with Crippen molar-refractivity contribution in [1.82, 2.24) is 9.55 Å². The summed E-state index contributed by atoms with van der Waals surface area (Å²) in [6.07, 6.45) is 1.42. The van der Waals surface area contributed by atoms with Crippen LogP contribution in [0.3, 0.4) is 0 Å². The number of thiophene rings is 1. The fourth-order valence-corrected chi connectivity index (χ4v) is 4.20. The number of rotatable bonds is 4. The lowest BCUT2D eigenvalue weighted by Crippen LogP contribution is -2.21. The van der Waals surface area contributed by atoms with E-state index in [1.165, 1.54) is 23.0 Å². The molecule has 0 bridgehead atoms. The average molecular weight is 428 g/mol. The molecule has 4 rings (SSSR count). The van der Waals surface area contributed by atoms with Gasteiger partial charge in [-0.2, -0.15) is 0 Å². The first-order valence-corrected chi connectivity index (χ1v) is 9.92. The predicted octanol–water partition coefficient (Wildman–Crippen LogP) is 4.86. The Morgan fingerprint density at radius 1 is 1.24 bits per heavy atom. The third-order valence-corrected chi connectivity index (χ3v) is 5.92. The first kappa shape index (κ1) is 19.3. The zero-order valence-electron chi connectivity index (χ0n) is 15.3. The highest BCUT2D eigenvalue weighted by Gasteiger charge is 2.19. The van der Waals surface area contributed by atoms with E-state index in [9.17, 15) is 14.0 Å². The first-order valence-electron chi connectivity index (χ1n) is 8.72. The smallest absolute Gasteiger partial charge is 0.266 e. The number of aryl methyl sites for hydroxylation is 1. The number of hydrogen-bond donors (Lipinski definition) is 1. The van der Waals surface area contributed by atoms with Crippen molar-refractivity contribution in [2.75, 3.05) is 5.32 Å². The van der Waals surface area contributed by atoms with Gasteiger partial charge in [0.25, 0.3) is 11.5 Å². The monoisotopic (exact) mass is 427 g/mol. The highest BCUT2D eigenvalue weighted by atomic mass is 35.5. The van der Waals surface area contributed by atoms with Gasteiger partial charge in [0, 0.05) is 10.7 Å². The number of carbonyl (C=O) groups is 1. The van der Waals surface area contributed by atoms with Crippen molar-refractivity contribution >= 4 is 44.7 Å². The van der Waals surface area contributed by atoms with Crippen LogP contribution in [0.25, 0.3) is 10.2 Å². The number of nitrogens with one attached hydrogen (secondary N) is 1. The summed E-state index contributed by atoms with van der Waals surface area (Å²) in [4.78, 5) is 30.9. The van der Waals surface area contributed by atoms with E-state index in [1.54, 1.807) is 43.3 Å². The molecule has 8 heteroatoms. The molecule has 2 aromatic heterocycles. The van der Waals surface area contributed by atoms with Crippen LogP contribution in [-0.4, -0.2) is 15.5 Å². The van der Waals surface area contributed by atoms with Crippen molar-refractivity contribution in [3.8, 4) is 0 Å². The lowest BCUT2D eigenvalue weighted by molar-refractivity contribution is 0.103. The normalized spacial score (nSPS) is 11.0. The molecule has 29 heavy (non-hydrogen) atoms. The van der Waals surface area contributed by atoms with Gasteiger partial charge in [-0.3, -0.25) is 14.2 Å². The summed E-state index contributed by atoms with van der Waals surface area (Å²) in [7, 11) is 0. The first-order chi connectivity index (χ1) is 13.9. The van der Waals surface area contributed by atoms with Gasteiger partial charge in [0.05, 0.1) is 23.1 Å². The molecule has 0 aliphatic carbocycles. The molecule has 1 N–H and O–H groups in total. The lowest BCUT2D eigenvalue weighted by Gasteiger charge is -2.06. The number of anilines is 1. The number of halogens is 2. The predicted molar refractivity (Wildman–Crippen MR) is 114 cm³/mol. The maximum absolute atomic E-state index is 13.4. The van der Waals surface area contributed by atoms with E-state index >= 15 is 0 Å². The zero-order chi connectivity index (χ0) is 20.5. The molecule has 1 amide bonds. The van der Waals surface area contributed by atoms with Crippen LogP contribution in [0, 0.1) is 12.7 Å². The molecule has 4 aromatic rings. The second kappa shape index (κ2) is 7.77. The SMILES string of the molecule is Cc1c(C(=O)Nc2ccc(Cl)cc2)sc2ncn(Cc3cccc(F)c3)c(=O)c12. The maximum atomic E-state index is 13.4. The van der Waals surface area contributed by atoms with E-state index in [0.717, 1.165) is 11.3 Å². The molecule has 0 atom stereocenters. The second-order valence-electron chi connectivity index (χ2n) is 6.50. The molecule has 0 radical (unpaired) electrons. The van der Waals surface area contributed by atoms with E-state index in [4.69, 9.17) is 11.6 Å². The number of hydrogen-bond acceptors (Lipinski definition) is 4. The van der Waals surface area contributed by atoms with Crippen LogP contribution in [0.5, 0.6) is 0 Å². The maximum Gasteiger partial charge on any atom is 0.266 e. The molecule has 2 aromatic carbocycles. The Labute approximate surface area is 174 Å². The fourth-order valence-electron chi connectivity index (χ4n) is 3.04. The number of amides is 1. The van der Waals surface area contributed by atoms with Crippen molar-refractivity contribution < 1.29 is 9.18 Å². The van der Waals surface area contributed by atoms with E-state index in [1.807, 2.05) is 0 Å². The third kappa shape index (κ3) is 3.92. The largest absolute Gasteiger partial charge is 0.321 e. The number of aromatic nitrogens is 2. The number of nitrogens with zero attached hydrogens (tertiary/aromatic N) is 2. The van der Waals surface area contributed by atoms with Crippen LogP contribution in [0.15, 0.2) is 59.7 Å². The Balaban J connectivity index is 1.68. The van der Waals surface area contributed by atoms with Crippen LogP contribution in [0.4, 0.5) is 10.1 Å². The van der Waals surface area contributed by atoms with Gasteiger partial charge < -0.3 is 5.32 Å². The van der Waals surface area contributed by atoms with Gasteiger partial charge in [-0.25, -0.2) is 9.37 Å². The van der Waals surface area contributed by atoms with Gasteiger partial charge in [0.15, 0.2) is 0 Å². The third-order valence-electron chi connectivity index (χ3n) is 4.47. The topological polar surface area (TPSA) is 64.0 Å². The van der Waals surface area contributed by atoms with Gasteiger partial charge in [-0.05, 0) is 54.4 Å². The zero-order valence-corrected chi connectivity index (χ0v) is 16.9. The van der Waals surface area contributed by atoms with E-state index in [2.05, 4.69) is 10.3 Å². The van der Waals surface area contributed by atoms with Gasteiger partial charge in [-0.1, -0.05) is 23.7 Å². The van der Waals surface area contributed by atoms with E-state index < -0.39 is 0 Å². The Hall–Kier alpha value is -3.03. The van der Waals surface area contributed by atoms with Crippen LogP contribution in [-0.2, 0) is 6.54 Å². The fraction of sp³-hybridized carbons (Fsp3) is 0.0952. The van der Waals surface area contributed by atoms with E-state index in [-0.39, 0.29) is 23.8 Å². The van der Waals surface area contributed by atoms with E-state index in [0.29, 0.717) is 36.9 Å². The molecular formula is C21H15ClFN3O2S. The quantitative estimate of drug-likeness (QED) is 0.506. The minimum atomic E-state index is -0.363. The molecule has 0 aliphatic heterocycles. The second-order valence-corrected chi connectivity index (χ2v) is 7.94. The molecule has 0 saturated carbocycles. The Kier molecular flexibility index (Phi) is 5.17. The Bertz CT molecular complexity index is 1280. The molecule has 146 valence electrons. The molecular weight excluding hydrogens is 413 g/mol. The highest BCUT2D eigenvalue weighted by molar-refractivity contribution is 7.20. The Morgan fingerprint density at radius 2 is 2.00 bits per heavy atom. The summed E-state index contributed by atoms with van der Waals surface area (Å²) in [5, 5.41) is 3.77. The van der Waals surface area contributed by atoms with Crippen molar-refractivity contribution in [1.29, 1.82) is 0 Å². The number of benzene rings is 2. The van der Waals surface area contributed by atoms with Gasteiger partial charge >= 0.3 is 0 Å². The van der Waals surface area contributed by atoms with Crippen LogP contribution in [0.1, 0.15) is 20.8 Å². The number of fused-ring (bicyclic) bond motifs is 1. The number of carbonyl (C=O) groups excluding carboxylic acids is 1. The van der Waals surface area contributed by atoms with Crippen molar-refractivity contribution in [2.45, 2.75) is 13.5 Å². The summed E-state index contributed by atoms with van der Waals surface area (Å²) in [6.45, 7) is 1.92. The summed E-state index contributed by atoms with van der Waals surface area (Å²) in [5.41, 5.74) is 1.57. The standard InChI is InChI=1S/C21H15ClFN3O2S/c1-12-17-20(29-18(12)19(27)25-16-7-5-14(22)6-8-16)24-11-26(21(17)28)10-13-3-2-4-15(23)9-13/h2-9,11H,10H2,1H3,(H,25,27). The molecule has 0 fully saturated rings. The lowest BCUT2D eigenvalue weighted by atomic mass is 10.2. The Morgan fingerprint density at radius 3 is 2.72 bits per heavy atom. The highest BCUT2D eigenvalue weighted by Crippen LogP contribution is 2.28. The van der Waals surface area contributed by atoms with Gasteiger partial charge in [-0.15, -0.1) is 11.3 Å². The summed E-state index contributed by atoms with van der Waals surface area (Å²) >= 11 is 7.03. The molecule has 0 aliphatic rings.